The summed E-state index contributed by atoms with van der Waals surface area (Å²) in [7, 11) is 0. The summed E-state index contributed by atoms with van der Waals surface area (Å²) in [5.74, 6) is 0.496. The van der Waals surface area contributed by atoms with Gasteiger partial charge >= 0.3 is 26.2 Å². The van der Waals surface area contributed by atoms with E-state index in [1.165, 1.54) is 11.1 Å². The van der Waals surface area contributed by atoms with Gasteiger partial charge < -0.3 is 9.41 Å². The fourth-order valence-electron chi connectivity index (χ4n) is 1.66. The average molecular weight is 323 g/mol. The van der Waals surface area contributed by atoms with Crippen LogP contribution in [0, 0.1) is 6.08 Å². The van der Waals surface area contributed by atoms with Gasteiger partial charge in [-0.1, -0.05) is 31.0 Å². The molecule has 1 atom stereocenters. The van der Waals surface area contributed by atoms with Gasteiger partial charge in [-0.2, -0.15) is 23.8 Å². The topological polar surface area (TPSA) is 0 Å². The number of hydrogen-bond donors (Lipinski definition) is 0. The summed E-state index contributed by atoms with van der Waals surface area (Å²) in [6.07, 6.45) is 5.33. The largest absolute Gasteiger partial charge is 4.00 e. The van der Waals surface area contributed by atoms with Crippen LogP contribution in [0.15, 0.2) is 54.6 Å². The predicted octanol–water partition coefficient (Wildman–Crippen LogP) is -1.97. The maximum atomic E-state index is 3.26. The van der Waals surface area contributed by atoms with Crippen molar-refractivity contribution in [3.63, 3.8) is 0 Å². The quantitative estimate of drug-likeness (QED) is 0.494. The molecule has 0 fully saturated rings. The molecule has 1 aliphatic carbocycles. The SMILES string of the molecule is CC1[C-]=Cc2ccccc21.[F-].[F-].[Zr+4].c1cc[cH-]c1. The first-order valence-corrected chi connectivity index (χ1v) is 5.23. The van der Waals surface area contributed by atoms with Gasteiger partial charge in [-0.15, -0.1) is 11.6 Å². The average Bonchev–Trinajstić information content (AvgIpc) is 2.92. The number of hydrogen-bond acceptors (Lipinski definition) is 0. The molecule has 0 spiro atoms. The van der Waals surface area contributed by atoms with Crippen molar-refractivity contribution in [2.45, 2.75) is 12.8 Å². The van der Waals surface area contributed by atoms with Crippen molar-refractivity contribution in [3.8, 4) is 0 Å². The monoisotopic (exact) mass is 322 g/mol. The first-order valence-electron chi connectivity index (χ1n) is 5.23. The number of benzene rings is 1. The molecule has 0 bridgehead atoms. The van der Waals surface area contributed by atoms with Crippen LogP contribution in [0.4, 0.5) is 0 Å². The van der Waals surface area contributed by atoms with Crippen molar-refractivity contribution in [2.75, 3.05) is 0 Å². The van der Waals surface area contributed by atoms with Gasteiger partial charge in [-0.05, 0) is 0 Å². The van der Waals surface area contributed by atoms with E-state index in [0.717, 1.165) is 0 Å². The molecule has 0 aromatic heterocycles. The van der Waals surface area contributed by atoms with Crippen molar-refractivity contribution < 1.29 is 35.6 Å². The molecule has 0 radical (unpaired) electrons. The Hall–Kier alpha value is -0.947. The van der Waals surface area contributed by atoms with Crippen molar-refractivity contribution in [2.24, 2.45) is 0 Å². The number of fused-ring (bicyclic) bond motifs is 1. The molecule has 3 heteroatoms. The van der Waals surface area contributed by atoms with Gasteiger partial charge in [0.2, 0.25) is 0 Å². The van der Waals surface area contributed by atoms with E-state index in [-0.39, 0.29) is 35.6 Å². The van der Waals surface area contributed by atoms with E-state index in [1.807, 2.05) is 30.3 Å². The van der Waals surface area contributed by atoms with Crippen molar-refractivity contribution >= 4 is 6.08 Å². The maximum absolute atomic E-state index is 3.26. The predicted molar refractivity (Wildman–Crippen MR) is 64.6 cm³/mol. The van der Waals surface area contributed by atoms with Gasteiger partial charge in [-0.25, -0.2) is 18.2 Å². The smallest absolute Gasteiger partial charge is 1.00 e. The summed E-state index contributed by atoms with van der Waals surface area (Å²) >= 11 is 0. The normalized spacial score (nSPS) is 13.9. The maximum Gasteiger partial charge on any atom is 4.00 e. The van der Waals surface area contributed by atoms with Crippen LogP contribution in [0.25, 0.3) is 6.08 Å². The second-order valence-corrected chi connectivity index (χ2v) is 3.62. The van der Waals surface area contributed by atoms with Gasteiger partial charge in [0.1, 0.15) is 0 Å². The summed E-state index contributed by atoms with van der Waals surface area (Å²) in [6, 6.07) is 18.4. The van der Waals surface area contributed by atoms with Crippen LogP contribution >= 0.6 is 0 Å². The van der Waals surface area contributed by atoms with Gasteiger partial charge in [0.25, 0.3) is 0 Å². The summed E-state index contributed by atoms with van der Waals surface area (Å²) < 4.78 is 0. The van der Waals surface area contributed by atoms with Gasteiger partial charge in [0, 0.05) is 0 Å². The molecule has 18 heavy (non-hydrogen) atoms. The Bertz CT molecular complexity index is 418. The molecule has 0 heterocycles. The van der Waals surface area contributed by atoms with Gasteiger partial charge in [0.15, 0.2) is 0 Å². The summed E-state index contributed by atoms with van der Waals surface area (Å²) in [5.41, 5.74) is 2.73. The molecule has 3 rings (SSSR count). The number of halogens is 2. The molecule has 0 nitrogen and oxygen atoms in total. The molecule has 0 aliphatic heterocycles. The molecule has 2 aromatic carbocycles. The standard InChI is InChI=1S/C10H9.C5H5.2FH.Zr/c1-8-6-7-9-4-2-3-5-10(8)9;1-2-4-5-3-1;;;/h2-5,7-8H,1H3;1-5H;2*1H;/q2*-1;;;+4/p-2. The number of allylic oxidation sites excluding steroid dienone is 1. The Balaban J connectivity index is 0. The number of rotatable bonds is 0. The van der Waals surface area contributed by atoms with E-state index in [9.17, 15) is 0 Å². The molecule has 0 amide bonds. The van der Waals surface area contributed by atoms with E-state index < -0.39 is 0 Å². The van der Waals surface area contributed by atoms with Gasteiger partial charge in [-0.3, -0.25) is 6.08 Å². The molecular weight excluding hydrogens is 309 g/mol. The van der Waals surface area contributed by atoms with Crippen LogP contribution in [0.5, 0.6) is 0 Å². The Kier molecular flexibility index (Phi) is 10.8. The Morgan fingerprint density at radius 1 is 1.00 bits per heavy atom. The minimum atomic E-state index is 0. The fraction of sp³-hybridized carbons (Fsp3) is 0.133. The van der Waals surface area contributed by atoms with Crippen LogP contribution < -0.4 is 9.41 Å². The Labute approximate surface area is 126 Å². The molecular formula is C15H14F2Zr. The zero-order chi connectivity index (χ0) is 10.5. The van der Waals surface area contributed by atoms with Crippen molar-refractivity contribution in [1.29, 1.82) is 0 Å². The third-order valence-corrected chi connectivity index (χ3v) is 2.51. The summed E-state index contributed by atoms with van der Waals surface area (Å²) in [6.45, 7) is 2.17. The molecule has 1 aliphatic rings. The third kappa shape index (κ3) is 5.14. The first kappa shape index (κ1) is 19.4. The molecule has 0 saturated carbocycles. The molecule has 0 N–H and O–H groups in total. The van der Waals surface area contributed by atoms with Gasteiger partial charge in [0.05, 0.1) is 0 Å². The van der Waals surface area contributed by atoms with E-state index in [4.69, 9.17) is 0 Å². The summed E-state index contributed by atoms with van der Waals surface area (Å²) in [5, 5.41) is 0. The zero-order valence-electron chi connectivity index (χ0n) is 10.1. The molecule has 92 valence electrons. The molecule has 2 aromatic rings. The van der Waals surface area contributed by atoms with E-state index in [2.05, 4.69) is 43.3 Å². The third-order valence-electron chi connectivity index (χ3n) is 2.51. The van der Waals surface area contributed by atoms with Crippen LogP contribution in [-0.4, -0.2) is 0 Å². The summed E-state index contributed by atoms with van der Waals surface area (Å²) in [4.78, 5) is 0. The minimum absolute atomic E-state index is 0. The fourth-order valence-corrected chi connectivity index (χ4v) is 1.66. The molecule has 1 unspecified atom stereocenters. The second kappa shape index (κ2) is 10.0. The van der Waals surface area contributed by atoms with E-state index in [0.29, 0.717) is 5.92 Å². The van der Waals surface area contributed by atoms with Crippen LogP contribution in [0.1, 0.15) is 24.0 Å². The zero-order valence-corrected chi connectivity index (χ0v) is 12.6. The Morgan fingerprint density at radius 2 is 1.61 bits per heavy atom. The van der Waals surface area contributed by atoms with Crippen LogP contribution in [0.3, 0.4) is 0 Å². The van der Waals surface area contributed by atoms with E-state index in [1.54, 1.807) is 0 Å². The first-order chi connectivity index (χ1) is 7.38. The van der Waals surface area contributed by atoms with Crippen molar-refractivity contribution in [1.82, 2.24) is 0 Å². The van der Waals surface area contributed by atoms with Crippen molar-refractivity contribution in [3.05, 3.63) is 71.8 Å². The van der Waals surface area contributed by atoms with Crippen LogP contribution in [-0.2, 0) is 26.2 Å². The minimum Gasteiger partial charge on any atom is -1.00 e. The van der Waals surface area contributed by atoms with Crippen LogP contribution in [0.2, 0.25) is 0 Å². The second-order valence-electron chi connectivity index (χ2n) is 3.62. The Morgan fingerprint density at radius 3 is 2.11 bits per heavy atom. The van der Waals surface area contributed by atoms with E-state index >= 15 is 0 Å². The molecule has 0 saturated heterocycles.